The van der Waals surface area contributed by atoms with Gasteiger partial charge in [0.2, 0.25) is 0 Å². The van der Waals surface area contributed by atoms with Crippen LogP contribution in [-0.4, -0.2) is 26.0 Å². The molecule has 1 aliphatic heterocycles. The number of halogens is 1. The summed E-state index contributed by atoms with van der Waals surface area (Å²) in [5.74, 6) is 1.50. The SMILES string of the molecule is COc1cccc(C2=N/C(=C/c3cc(Cl)ccc3OC)C(=O)N2)c1. The van der Waals surface area contributed by atoms with Crippen molar-refractivity contribution in [3.8, 4) is 11.5 Å². The first kappa shape index (κ1) is 16.1. The van der Waals surface area contributed by atoms with Crippen LogP contribution in [0.5, 0.6) is 11.5 Å². The number of amides is 1. The first-order valence-corrected chi connectivity index (χ1v) is 7.58. The summed E-state index contributed by atoms with van der Waals surface area (Å²) in [5, 5.41) is 3.31. The summed E-state index contributed by atoms with van der Waals surface area (Å²) in [6.07, 6.45) is 1.65. The molecule has 1 aliphatic rings. The standard InChI is InChI=1S/C18H15ClN2O3/c1-23-14-5-3-4-11(9-14)17-20-15(18(22)21-17)10-12-8-13(19)6-7-16(12)24-2/h3-10H,1-2H3,(H,20,21,22)/b15-10+. The van der Waals surface area contributed by atoms with Gasteiger partial charge in [-0.05, 0) is 36.4 Å². The van der Waals surface area contributed by atoms with Gasteiger partial charge in [-0.3, -0.25) is 4.79 Å². The Morgan fingerprint density at radius 2 is 1.96 bits per heavy atom. The van der Waals surface area contributed by atoms with E-state index in [-0.39, 0.29) is 11.6 Å². The van der Waals surface area contributed by atoms with Gasteiger partial charge in [0.15, 0.2) is 0 Å². The summed E-state index contributed by atoms with van der Waals surface area (Å²) >= 11 is 6.02. The van der Waals surface area contributed by atoms with E-state index in [0.717, 1.165) is 5.56 Å². The van der Waals surface area contributed by atoms with Gasteiger partial charge in [0.25, 0.3) is 5.91 Å². The molecule has 2 aromatic rings. The van der Waals surface area contributed by atoms with Crippen LogP contribution < -0.4 is 14.8 Å². The highest BCUT2D eigenvalue weighted by Gasteiger charge is 2.22. The number of hydrogen-bond acceptors (Lipinski definition) is 4. The molecule has 6 heteroatoms. The predicted molar refractivity (Wildman–Crippen MR) is 93.7 cm³/mol. The van der Waals surface area contributed by atoms with Gasteiger partial charge in [0, 0.05) is 16.1 Å². The zero-order chi connectivity index (χ0) is 17.1. The van der Waals surface area contributed by atoms with Crippen LogP contribution in [0.25, 0.3) is 6.08 Å². The number of ether oxygens (including phenoxy) is 2. The Morgan fingerprint density at radius 1 is 1.12 bits per heavy atom. The van der Waals surface area contributed by atoms with Gasteiger partial charge in [-0.2, -0.15) is 0 Å². The van der Waals surface area contributed by atoms with Gasteiger partial charge in [-0.25, -0.2) is 4.99 Å². The molecule has 0 aliphatic carbocycles. The maximum Gasteiger partial charge on any atom is 0.275 e. The van der Waals surface area contributed by atoms with Gasteiger partial charge in [-0.15, -0.1) is 0 Å². The highest BCUT2D eigenvalue weighted by molar-refractivity contribution is 6.30. The lowest BCUT2D eigenvalue weighted by Crippen LogP contribution is -2.24. The van der Waals surface area contributed by atoms with Crippen molar-refractivity contribution >= 4 is 29.4 Å². The minimum Gasteiger partial charge on any atom is -0.497 e. The van der Waals surface area contributed by atoms with Gasteiger partial charge < -0.3 is 14.8 Å². The lowest BCUT2D eigenvalue weighted by atomic mass is 10.1. The molecule has 0 saturated heterocycles. The van der Waals surface area contributed by atoms with Gasteiger partial charge in [0.05, 0.1) is 14.2 Å². The number of carbonyl (C=O) groups is 1. The highest BCUT2D eigenvalue weighted by atomic mass is 35.5. The van der Waals surface area contributed by atoms with Gasteiger partial charge in [-0.1, -0.05) is 23.7 Å². The molecule has 0 aromatic heterocycles. The van der Waals surface area contributed by atoms with E-state index in [1.807, 2.05) is 24.3 Å². The molecule has 3 rings (SSSR count). The number of nitrogens with zero attached hydrogens (tertiary/aromatic N) is 1. The number of rotatable bonds is 4. The first-order chi connectivity index (χ1) is 11.6. The Kier molecular flexibility index (Phi) is 4.53. The third-order valence-corrected chi connectivity index (χ3v) is 3.76. The molecule has 0 spiro atoms. The Labute approximate surface area is 144 Å². The summed E-state index contributed by atoms with van der Waals surface area (Å²) in [4.78, 5) is 16.6. The second-order valence-electron chi connectivity index (χ2n) is 5.06. The lowest BCUT2D eigenvalue weighted by molar-refractivity contribution is -0.115. The number of amidine groups is 1. The third-order valence-electron chi connectivity index (χ3n) is 3.52. The number of carbonyl (C=O) groups excluding carboxylic acids is 1. The zero-order valence-electron chi connectivity index (χ0n) is 13.2. The van der Waals surface area contributed by atoms with Crippen molar-refractivity contribution in [1.29, 1.82) is 0 Å². The van der Waals surface area contributed by atoms with E-state index in [9.17, 15) is 4.79 Å². The molecule has 1 N–H and O–H groups in total. The average molecular weight is 343 g/mol. The largest absolute Gasteiger partial charge is 0.497 e. The van der Waals surface area contributed by atoms with Crippen molar-refractivity contribution in [1.82, 2.24) is 5.32 Å². The van der Waals surface area contributed by atoms with Crippen molar-refractivity contribution in [3.05, 3.63) is 64.3 Å². The monoisotopic (exact) mass is 342 g/mol. The summed E-state index contributed by atoms with van der Waals surface area (Å²) in [5.41, 5.74) is 1.74. The van der Waals surface area contributed by atoms with Crippen LogP contribution in [0.1, 0.15) is 11.1 Å². The fourth-order valence-corrected chi connectivity index (χ4v) is 2.52. The minimum atomic E-state index is -0.283. The zero-order valence-corrected chi connectivity index (χ0v) is 13.9. The van der Waals surface area contributed by atoms with Crippen molar-refractivity contribution in [2.24, 2.45) is 4.99 Å². The molecule has 0 saturated carbocycles. The van der Waals surface area contributed by atoms with Crippen LogP contribution in [0.2, 0.25) is 5.02 Å². The molecular formula is C18H15ClN2O3. The van der Waals surface area contributed by atoms with Gasteiger partial charge in [0.1, 0.15) is 23.0 Å². The van der Waals surface area contributed by atoms with Crippen LogP contribution in [0.15, 0.2) is 53.2 Å². The first-order valence-electron chi connectivity index (χ1n) is 7.20. The topological polar surface area (TPSA) is 59.9 Å². The van der Waals surface area contributed by atoms with E-state index in [4.69, 9.17) is 21.1 Å². The maximum absolute atomic E-state index is 12.2. The van der Waals surface area contributed by atoms with Crippen molar-refractivity contribution in [2.75, 3.05) is 14.2 Å². The summed E-state index contributed by atoms with van der Waals surface area (Å²) in [7, 11) is 3.15. The molecule has 1 heterocycles. The molecule has 0 bridgehead atoms. The fraction of sp³-hybridized carbons (Fsp3) is 0.111. The predicted octanol–water partition coefficient (Wildman–Crippen LogP) is 3.27. The van der Waals surface area contributed by atoms with E-state index >= 15 is 0 Å². The smallest absolute Gasteiger partial charge is 0.275 e. The molecule has 1 amide bonds. The van der Waals surface area contributed by atoms with Crippen LogP contribution in [0.4, 0.5) is 0 Å². The van der Waals surface area contributed by atoms with Crippen LogP contribution in [0.3, 0.4) is 0 Å². The highest BCUT2D eigenvalue weighted by Crippen LogP contribution is 2.26. The fourth-order valence-electron chi connectivity index (χ4n) is 2.34. The van der Waals surface area contributed by atoms with E-state index in [2.05, 4.69) is 10.3 Å². The molecule has 0 radical (unpaired) electrons. The van der Waals surface area contributed by atoms with E-state index in [0.29, 0.717) is 27.9 Å². The molecule has 0 fully saturated rings. The molecule has 0 atom stereocenters. The summed E-state index contributed by atoms with van der Waals surface area (Å²) in [6, 6.07) is 12.5. The van der Waals surface area contributed by atoms with Crippen molar-refractivity contribution in [3.63, 3.8) is 0 Å². The van der Waals surface area contributed by atoms with Crippen LogP contribution >= 0.6 is 11.6 Å². The molecule has 122 valence electrons. The number of benzene rings is 2. The number of nitrogens with one attached hydrogen (secondary N) is 1. The Morgan fingerprint density at radius 3 is 2.71 bits per heavy atom. The van der Waals surface area contributed by atoms with Gasteiger partial charge >= 0.3 is 0 Å². The Bertz CT molecular complexity index is 859. The van der Waals surface area contributed by atoms with Crippen LogP contribution in [-0.2, 0) is 4.79 Å². The Balaban J connectivity index is 1.98. The number of methoxy groups -OCH3 is 2. The van der Waals surface area contributed by atoms with E-state index in [1.54, 1.807) is 38.5 Å². The summed E-state index contributed by atoms with van der Waals surface area (Å²) < 4.78 is 10.5. The number of aliphatic imine (C=N–C) groups is 1. The second kappa shape index (κ2) is 6.76. The quantitative estimate of drug-likeness (QED) is 0.867. The molecular weight excluding hydrogens is 328 g/mol. The number of hydrogen-bond donors (Lipinski definition) is 1. The van der Waals surface area contributed by atoms with E-state index in [1.165, 1.54) is 0 Å². The lowest BCUT2D eigenvalue weighted by Gasteiger charge is -2.05. The molecule has 24 heavy (non-hydrogen) atoms. The van der Waals surface area contributed by atoms with Crippen molar-refractivity contribution < 1.29 is 14.3 Å². The molecule has 2 aromatic carbocycles. The second-order valence-corrected chi connectivity index (χ2v) is 5.50. The molecule has 0 unspecified atom stereocenters. The molecule has 5 nitrogen and oxygen atoms in total. The summed E-state index contributed by atoms with van der Waals surface area (Å²) in [6.45, 7) is 0. The van der Waals surface area contributed by atoms with E-state index < -0.39 is 0 Å². The third kappa shape index (κ3) is 3.26. The Hall–Kier alpha value is -2.79. The van der Waals surface area contributed by atoms with Crippen molar-refractivity contribution in [2.45, 2.75) is 0 Å². The minimum absolute atomic E-state index is 0.283. The normalized spacial score (nSPS) is 15.2. The maximum atomic E-state index is 12.2. The average Bonchev–Trinajstić information content (AvgIpc) is 2.96. The van der Waals surface area contributed by atoms with Crippen LogP contribution in [0, 0.1) is 0 Å².